The van der Waals surface area contributed by atoms with Gasteiger partial charge in [-0.05, 0) is 36.2 Å². The maximum Gasteiger partial charge on any atom is 0.261 e. The number of benzene rings is 2. The average Bonchev–Trinajstić information content (AvgIpc) is 2.77. The van der Waals surface area contributed by atoms with E-state index in [4.69, 9.17) is 10.7 Å². The zero-order valence-corrected chi connectivity index (χ0v) is 13.5. The quantitative estimate of drug-likeness (QED) is 0.628. The number of nitrogens with zero attached hydrogens (tertiary/aromatic N) is 1. The van der Waals surface area contributed by atoms with Crippen molar-refractivity contribution in [2.45, 2.75) is 11.3 Å². The first-order chi connectivity index (χ1) is 10.9. The molecule has 2 amide bonds. The molecule has 2 aromatic carbocycles. The molecule has 0 aromatic heterocycles. The molecule has 0 N–H and O–H groups in total. The van der Waals surface area contributed by atoms with E-state index in [2.05, 4.69) is 0 Å². The zero-order valence-electron chi connectivity index (χ0n) is 11.9. The van der Waals surface area contributed by atoms with Crippen LogP contribution < -0.4 is 0 Å². The number of carbonyl (C=O) groups is 2. The second-order valence-electron chi connectivity index (χ2n) is 5.14. The van der Waals surface area contributed by atoms with Crippen molar-refractivity contribution >= 4 is 31.5 Å². The molecule has 7 heteroatoms. The van der Waals surface area contributed by atoms with Gasteiger partial charge in [-0.15, -0.1) is 0 Å². The minimum absolute atomic E-state index is 0.0173. The summed E-state index contributed by atoms with van der Waals surface area (Å²) in [7, 11) is 1.51. The molecule has 118 valence electrons. The number of imide groups is 1. The molecule has 0 fully saturated rings. The first-order valence-corrected chi connectivity index (χ1v) is 9.18. The highest BCUT2D eigenvalue weighted by Gasteiger charge is 2.34. The Labute approximate surface area is 137 Å². The van der Waals surface area contributed by atoms with Crippen LogP contribution in [0.4, 0.5) is 0 Å². The van der Waals surface area contributed by atoms with Gasteiger partial charge in [0.15, 0.2) is 0 Å². The maximum absolute atomic E-state index is 12.2. The molecule has 23 heavy (non-hydrogen) atoms. The molecule has 1 heterocycles. The fourth-order valence-electron chi connectivity index (χ4n) is 2.50. The molecule has 0 atom stereocenters. The lowest BCUT2D eigenvalue weighted by Crippen LogP contribution is -2.31. The number of amides is 2. The Kier molecular flexibility index (Phi) is 3.95. The SMILES string of the molecule is O=C1c2ccccc2C(=O)N1CCc1ccc(S(=O)(=O)Cl)cc1. The predicted molar refractivity (Wildman–Crippen MR) is 85.0 cm³/mol. The van der Waals surface area contributed by atoms with Crippen LogP contribution in [0.1, 0.15) is 26.3 Å². The van der Waals surface area contributed by atoms with Crippen molar-refractivity contribution in [1.29, 1.82) is 0 Å². The minimum atomic E-state index is -3.75. The zero-order chi connectivity index (χ0) is 16.6. The summed E-state index contributed by atoms with van der Waals surface area (Å²) in [6.45, 7) is 0.235. The first-order valence-electron chi connectivity index (χ1n) is 6.87. The number of halogens is 1. The molecule has 0 aliphatic carbocycles. The molecule has 0 radical (unpaired) electrons. The third-order valence-electron chi connectivity index (χ3n) is 3.71. The van der Waals surface area contributed by atoms with Gasteiger partial charge in [-0.2, -0.15) is 0 Å². The van der Waals surface area contributed by atoms with Crippen molar-refractivity contribution in [3.63, 3.8) is 0 Å². The molecule has 0 saturated heterocycles. The molecule has 2 aromatic rings. The molecule has 1 aliphatic heterocycles. The fourth-order valence-corrected chi connectivity index (χ4v) is 3.27. The minimum Gasteiger partial charge on any atom is -0.274 e. The van der Waals surface area contributed by atoms with Crippen LogP contribution in [0.5, 0.6) is 0 Å². The van der Waals surface area contributed by atoms with E-state index in [1.54, 1.807) is 36.4 Å². The first kappa shape index (κ1) is 15.7. The second-order valence-corrected chi connectivity index (χ2v) is 7.71. The molecule has 0 bridgehead atoms. The van der Waals surface area contributed by atoms with Crippen LogP contribution in [0.15, 0.2) is 53.4 Å². The molecular weight excluding hydrogens is 338 g/mol. The van der Waals surface area contributed by atoms with E-state index in [1.165, 1.54) is 17.0 Å². The summed E-state index contributed by atoms with van der Waals surface area (Å²) in [6, 6.07) is 12.8. The molecule has 0 spiro atoms. The third-order valence-corrected chi connectivity index (χ3v) is 5.08. The molecule has 3 rings (SSSR count). The van der Waals surface area contributed by atoms with Crippen molar-refractivity contribution in [1.82, 2.24) is 4.90 Å². The second kappa shape index (κ2) is 5.79. The summed E-state index contributed by atoms with van der Waals surface area (Å²) in [4.78, 5) is 25.7. The van der Waals surface area contributed by atoms with E-state index in [1.807, 2.05) is 0 Å². The van der Waals surface area contributed by atoms with Crippen LogP contribution >= 0.6 is 10.7 Å². The molecule has 5 nitrogen and oxygen atoms in total. The van der Waals surface area contributed by atoms with Crippen molar-refractivity contribution in [2.24, 2.45) is 0 Å². The van der Waals surface area contributed by atoms with Gasteiger partial charge in [-0.1, -0.05) is 24.3 Å². The van der Waals surface area contributed by atoms with Gasteiger partial charge in [-0.25, -0.2) is 8.42 Å². The van der Waals surface area contributed by atoms with Gasteiger partial charge in [-0.3, -0.25) is 14.5 Å². The van der Waals surface area contributed by atoms with Crippen LogP contribution in [0, 0.1) is 0 Å². The van der Waals surface area contributed by atoms with Gasteiger partial charge in [0, 0.05) is 17.2 Å². The summed E-state index contributed by atoms with van der Waals surface area (Å²) in [5.74, 6) is -0.601. The highest BCUT2D eigenvalue weighted by atomic mass is 35.7. The number of fused-ring (bicyclic) bond motifs is 1. The summed E-state index contributed by atoms with van der Waals surface area (Å²) < 4.78 is 22.4. The van der Waals surface area contributed by atoms with Crippen LogP contribution in [-0.4, -0.2) is 31.7 Å². The molecule has 0 saturated carbocycles. The van der Waals surface area contributed by atoms with Crippen LogP contribution in [0.3, 0.4) is 0 Å². The van der Waals surface area contributed by atoms with E-state index in [-0.39, 0.29) is 23.3 Å². The number of carbonyl (C=O) groups excluding carboxylic acids is 2. The summed E-state index contributed by atoms with van der Waals surface area (Å²) in [6.07, 6.45) is 0.439. The summed E-state index contributed by atoms with van der Waals surface area (Å²) in [5, 5.41) is 0. The number of hydrogen-bond donors (Lipinski definition) is 0. The predicted octanol–water partition coefficient (Wildman–Crippen LogP) is 2.45. The van der Waals surface area contributed by atoms with Crippen molar-refractivity contribution in [3.8, 4) is 0 Å². The van der Waals surface area contributed by atoms with Crippen LogP contribution in [0.2, 0.25) is 0 Å². The van der Waals surface area contributed by atoms with E-state index in [9.17, 15) is 18.0 Å². The van der Waals surface area contributed by atoms with Crippen LogP contribution in [-0.2, 0) is 15.5 Å². The lowest BCUT2D eigenvalue weighted by Gasteiger charge is -2.13. The summed E-state index contributed by atoms with van der Waals surface area (Å²) >= 11 is 0. The van der Waals surface area contributed by atoms with E-state index >= 15 is 0 Å². The van der Waals surface area contributed by atoms with E-state index in [0.29, 0.717) is 17.5 Å². The van der Waals surface area contributed by atoms with Crippen molar-refractivity contribution in [3.05, 3.63) is 65.2 Å². The Morgan fingerprint density at radius 2 is 1.39 bits per heavy atom. The largest absolute Gasteiger partial charge is 0.274 e. The molecule has 1 aliphatic rings. The lowest BCUT2D eigenvalue weighted by molar-refractivity contribution is 0.0656. The van der Waals surface area contributed by atoms with E-state index in [0.717, 1.165) is 5.56 Å². The normalized spacial score (nSPS) is 14.2. The Bertz CT molecular complexity index is 856. The average molecular weight is 350 g/mol. The van der Waals surface area contributed by atoms with Gasteiger partial charge < -0.3 is 0 Å². The number of rotatable bonds is 4. The fraction of sp³-hybridized carbons (Fsp3) is 0.125. The van der Waals surface area contributed by atoms with Gasteiger partial charge in [0.25, 0.3) is 20.9 Å². The van der Waals surface area contributed by atoms with Gasteiger partial charge in [0.05, 0.1) is 16.0 Å². The molecule has 0 unspecified atom stereocenters. The van der Waals surface area contributed by atoms with Crippen molar-refractivity contribution < 1.29 is 18.0 Å². The van der Waals surface area contributed by atoms with Gasteiger partial charge in [0.2, 0.25) is 0 Å². The Morgan fingerprint density at radius 1 is 0.870 bits per heavy atom. The lowest BCUT2D eigenvalue weighted by atomic mass is 10.1. The van der Waals surface area contributed by atoms with E-state index < -0.39 is 9.05 Å². The third kappa shape index (κ3) is 3.00. The van der Waals surface area contributed by atoms with Crippen LogP contribution in [0.25, 0.3) is 0 Å². The standard InChI is InChI=1S/C16H12ClNO4S/c17-23(21,22)12-7-5-11(6-8-12)9-10-18-15(19)13-3-1-2-4-14(13)16(18)20/h1-8H,9-10H2. The highest BCUT2D eigenvalue weighted by molar-refractivity contribution is 8.13. The molecular formula is C16H12ClNO4S. The summed E-state index contributed by atoms with van der Waals surface area (Å²) in [5.41, 5.74) is 1.65. The smallest absolute Gasteiger partial charge is 0.261 e. The monoisotopic (exact) mass is 349 g/mol. The van der Waals surface area contributed by atoms with Gasteiger partial charge >= 0.3 is 0 Å². The Balaban J connectivity index is 1.73. The highest BCUT2D eigenvalue weighted by Crippen LogP contribution is 2.23. The van der Waals surface area contributed by atoms with Crippen molar-refractivity contribution in [2.75, 3.05) is 6.54 Å². The maximum atomic E-state index is 12.2. The Hall–Kier alpha value is -2.18. The van der Waals surface area contributed by atoms with Gasteiger partial charge in [0.1, 0.15) is 0 Å². The number of hydrogen-bond acceptors (Lipinski definition) is 4. The Morgan fingerprint density at radius 3 is 1.87 bits per heavy atom. The topological polar surface area (TPSA) is 71.5 Å².